The van der Waals surface area contributed by atoms with Gasteiger partial charge in [0.2, 0.25) is 0 Å². The highest BCUT2D eigenvalue weighted by atomic mass is 79.9. The summed E-state index contributed by atoms with van der Waals surface area (Å²) in [5, 5.41) is 3.66. The van der Waals surface area contributed by atoms with Crippen LogP contribution in [0.5, 0.6) is 0 Å². The summed E-state index contributed by atoms with van der Waals surface area (Å²) in [6.45, 7) is 4.44. The molecule has 0 atom stereocenters. The maximum absolute atomic E-state index is 13.5. The summed E-state index contributed by atoms with van der Waals surface area (Å²) in [7, 11) is 0. The van der Waals surface area contributed by atoms with Gasteiger partial charge in [-0.05, 0) is 94.2 Å². The minimum absolute atomic E-state index is 0.0264. The first-order chi connectivity index (χ1) is 12.3. The van der Waals surface area contributed by atoms with Crippen molar-refractivity contribution in [3.8, 4) is 0 Å². The molecule has 0 amide bonds. The van der Waals surface area contributed by atoms with Crippen molar-refractivity contribution >= 4 is 27.4 Å². The lowest BCUT2D eigenvalue weighted by Crippen LogP contribution is -2.50. The van der Waals surface area contributed by atoms with Gasteiger partial charge in [-0.15, -0.1) is 0 Å². The highest BCUT2D eigenvalue weighted by molar-refractivity contribution is 9.10. The van der Waals surface area contributed by atoms with Gasteiger partial charge < -0.3 is 5.32 Å². The maximum atomic E-state index is 13.5. The third kappa shape index (κ3) is 2.78. The Hall–Kier alpha value is -1.09. The molecule has 2 nitrogen and oxygen atoms in total. The first kappa shape index (κ1) is 17.0. The number of carbonyl (C=O) groups is 1. The van der Waals surface area contributed by atoms with Crippen LogP contribution in [0.3, 0.4) is 0 Å². The Morgan fingerprint density at radius 1 is 1.12 bits per heavy atom. The van der Waals surface area contributed by atoms with E-state index in [0.29, 0.717) is 5.78 Å². The van der Waals surface area contributed by atoms with E-state index in [4.69, 9.17) is 0 Å². The lowest BCUT2D eigenvalue weighted by Gasteiger charge is -2.55. The lowest BCUT2D eigenvalue weighted by atomic mass is 9.48. The normalized spacial score (nSPS) is 38.1. The molecule has 6 rings (SSSR count). The minimum Gasteiger partial charge on any atom is -0.379 e. The molecule has 4 aliphatic carbocycles. The van der Waals surface area contributed by atoms with Gasteiger partial charge in [0, 0.05) is 32.8 Å². The van der Waals surface area contributed by atoms with Gasteiger partial charge in [-0.25, -0.2) is 0 Å². The molecule has 1 heterocycles. The molecule has 1 aromatic carbocycles. The average Bonchev–Trinajstić information content (AvgIpc) is 2.51. The zero-order chi connectivity index (χ0) is 18.1. The molecular formula is C23H28BrNO. The molecule has 1 aromatic rings. The molecular weight excluding hydrogens is 386 g/mol. The summed E-state index contributed by atoms with van der Waals surface area (Å²) in [5.41, 5.74) is 3.48. The van der Waals surface area contributed by atoms with Gasteiger partial charge in [0.25, 0.3) is 0 Å². The van der Waals surface area contributed by atoms with Crippen LogP contribution in [0.1, 0.15) is 63.5 Å². The smallest absolute Gasteiger partial charge is 0.163 e. The molecule has 1 N–H and O–H groups in total. The minimum atomic E-state index is -0.0550. The van der Waals surface area contributed by atoms with Gasteiger partial charge in [0.1, 0.15) is 0 Å². The first-order valence-electron chi connectivity index (χ1n) is 10.2. The predicted octanol–water partition coefficient (Wildman–Crippen LogP) is 5.50. The molecule has 4 fully saturated rings. The standard InChI is InChI=1S/C23H28BrNO/c1-22(2)13-17-8-18(24)3-4-19(17)20(25-22)9-21(26)23-10-14-5-15(11-23)7-16(6-14)12-23/h3-4,8-9,14-16,25H,5-7,10-13H2,1-2H3/b20-9-. The molecule has 1 aliphatic heterocycles. The van der Waals surface area contributed by atoms with Crippen LogP contribution in [0.15, 0.2) is 28.7 Å². The van der Waals surface area contributed by atoms with Crippen molar-refractivity contribution in [2.24, 2.45) is 23.2 Å². The van der Waals surface area contributed by atoms with Crippen LogP contribution in [0.2, 0.25) is 0 Å². The number of allylic oxidation sites excluding steroid dienone is 1. The van der Waals surface area contributed by atoms with Gasteiger partial charge in [0.05, 0.1) is 0 Å². The second-order valence-corrected chi connectivity index (χ2v) is 11.0. The number of nitrogens with one attached hydrogen (secondary N) is 1. The van der Waals surface area contributed by atoms with Gasteiger partial charge in [-0.2, -0.15) is 0 Å². The zero-order valence-corrected chi connectivity index (χ0v) is 17.4. The SMILES string of the molecule is CC1(C)Cc2cc(Br)ccc2/C(=C/C(=O)C23CC4CC(CC(C4)C2)C3)N1. The fourth-order valence-corrected chi connectivity index (χ4v) is 7.14. The quantitative estimate of drug-likeness (QED) is 0.648. The molecule has 26 heavy (non-hydrogen) atoms. The van der Waals surface area contributed by atoms with Crippen molar-refractivity contribution in [3.63, 3.8) is 0 Å². The number of ketones is 1. The monoisotopic (exact) mass is 413 g/mol. The summed E-state index contributed by atoms with van der Waals surface area (Å²) in [4.78, 5) is 13.5. The van der Waals surface area contributed by atoms with Crippen molar-refractivity contribution in [3.05, 3.63) is 39.9 Å². The number of carbonyl (C=O) groups excluding carboxylic acids is 1. The molecule has 4 bridgehead atoms. The second-order valence-electron chi connectivity index (χ2n) is 10.1. The van der Waals surface area contributed by atoms with Crippen LogP contribution in [-0.4, -0.2) is 11.3 Å². The van der Waals surface area contributed by atoms with E-state index in [1.807, 2.05) is 6.08 Å². The molecule has 0 spiro atoms. The van der Waals surface area contributed by atoms with Gasteiger partial charge in [-0.3, -0.25) is 4.79 Å². The lowest BCUT2D eigenvalue weighted by molar-refractivity contribution is -0.138. The van der Waals surface area contributed by atoms with E-state index in [1.165, 1.54) is 30.4 Å². The highest BCUT2D eigenvalue weighted by Crippen LogP contribution is 2.60. The third-order valence-corrected chi connectivity index (χ3v) is 7.79. The Bertz CT molecular complexity index is 771. The van der Waals surface area contributed by atoms with Crippen LogP contribution in [-0.2, 0) is 11.2 Å². The largest absolute Gasteiger partial charge is 0.379 e. The van der Waals surface area contributed by atoms with Crippen LogP contribution in [0.25, 0.3) is 5.70 Å². The molecule has 5 aliphatic rings. The Kier molecular flexibility index (Phi) is 3.74. The molecule has 0 radical (unpaired) electrons. The summed E-state index contributed by atoms with van der Waals surface area (Å²) < 4.78 is 1.11. The van der Waals surface area contributed by atoms with E-state index < -0.39 is 0 Å². The summed E-state index contributed by atoms with van der Waals surface area (Å²) in [5.74, 6) is 2.82. The average molecular weight is 414 g/mol. The fourth-order valence-electron chi connectivity index (χ4n) is 6.73. The Morgan fingerprint density at radius 3 is 2.35 bits per heavy atom. The van der Waals surface area contributed by atoms with Crippen molar-refractivity contribution in [2.75, 3.05) is 0 Å². The molecule has 0 saturated heterocycles. The van der Waals surface area contributed by atoms with E-state index in [1.54, 1.807) is 0 Å². The Balaban J connectivity index is 1.51. The van der Waals surface area contributed by atoms with Gasteiger partial charge in [0.15, 0.2) is 5.78 Å². The van der Waals surface area contributed by atoms with Crippen molar-refractivity contribution in [2.45, 2.75) is 64.3 Å². The van der Waals surface area contributed by atoms with Crippen molar-refractivity contribution in [1.82, 2.24) is 5.32 Å². The topological polar surface area (TPSA) is 29.1 Å². The predicted molar refractivity (Wildman–Crippen MR) is 109 cm³/mol. The van der Waals surface area contributed by atoms with E-state index in [2.05, 4.69) is 53.3 Å². The molecule has 0 unspecified atom stereocenters. The maximum Gasteiger partial charge on any atom is 0.163 e. The molecule has 0 aromatic heterocycles. The Labute approximate surface area is 165 Å². The number of fused-ring (bicyclic) bond motifs is 1. The van der Waals surface area contributed by atoms with E-state index in [0.717, 1.165) is 53.6 Å². The van der Waals surface area contributed by atoms with Gasteiger partial charge >= 0.3 is 0 Å². The van der Waals surface area contributed by atoms with E-state index >= 15 is 0 Å². The van der Waals surface area contributed by atoms with Crippen molar-refractivity contribution in [1.29, 1.82) is 0 Å². The van der Waals surface area contributed by atoms with Gasteiger partial charge in [-0.1, -0.05) is 22.0 Å². The highest BCUT2D eigenvalue weighted by Gasteiger charge is 2.53. The number of rotatable bonds is 2. The zero-order valence-electron chi connectivity index (χ0n) is 15.8. The molecule has 3 heteroatoms. The Morgan fingerprint density at radius 2 is 1.73 bits per heavy atom. The number of halogens is 1. The number of benzene rings is 1. The van der Waals surface area contributed by atoms with Crippen LogP contribution < -0.4 is 5.32 Å². The molecule has 138 valence electrons. The third-order valence-electron chi connectivity index (χ3n) is 7.30. The summed E-state index contributed by atoms with van der Waals surface area (Å²) in [6, 6.07) is 6.45. The first-order valence-corrected chi connectivity index (χ1v) is 10.9. The van der Waals surface area contributed by atoms with Crippen LogP contribution >= 0.6 is 15.9 Å². The molecule has 4 saturated carbocycles. The summed E-state index contributed by atoms with van der Waals surface area (Å²) >= 11 is 3.60. The van der Waals surface area contributed by atoms with Crippen LogP contribution in [0, 0.1) is 23.2 Å². The van der Waals surface area contributed by atoms with E-state index in [-0.39, 0.29) is 11.0 Å². The number of hydrogen-bond donors (Lipinski definition) is 1. The number of hydrogen-bond acceptors (Lipinski definition) is 2. The fraction of sp³-hybridized carbons (Fsp3) is 0.609. The van der Waals surface area contributed by atoms with E-state index in [9.17, 15) is 4.79 Å². The summed E-state index contributed by atoms with van der Waals surface area (Å²) in [6.07, 6.45) is 10.5. The van der Waals surface area contributed by atoms with Crippen LogP contribution in [0.4, 0.5) is 0 Å². The second kappa shape index (κ2) is 5.70. The van der Waals surface area contributed by atoms with Crippen molar-refractivity contribution < 1.29 is 4.79 Å².